The molecule has 1 heterocycles. The largest absolute Gasteiger partial charge is 0.426 e. The quantitative estimate of drug-likeness (QED) is 0.378. The Morgan fingerprint density at radius 1 is 1.81 bits per heavy atom. The summed E-state index contributed by atoms with van der Waals surface area (Å²) in [5.74, 6) is 0. The van der Waals surface area contributed by atoms with Crippen LogP contribution in [0, 0.1) is 0 Å². The fourth-order valence-electron chi connectivity index (χ4n) is 1.81. The molecule has 0 aromatic carbocycles. The summed E-state index contributed by atoms with van der Waals surface area (Å²) in [5, 5.41) is 14.6. The number of hydrogen-bond acceptors (Lipinski definition) is 5. The minimum absolute atomic E-state index is 0.608. The second-order valence-corrected chi connectivity index (χ2v) is 3.57. The van der Waals surface area contributed by atoms with E-state index in [1.54, 1.807) is 0 Å². The lowest BCUT2D eigenvalue weighted by Gasteiger charge is -2.26. The Labute approximate surface area is 94.1 Å². The third kappa shape index (κ3) is 3.23. The molecule has 0 spiro atoms. The van der Waals surface area contributed by atoms with Gasteiger partial charge in [0, 0.05) is 12.1 Å². The zero-order chi connectivity index (χ0) is 12.0. The molecule has 0 bridgehead atoms. The summed E-state index contributed by atoms with van der Waals surface area (Å²) < 4.78 is 4.90. The van der Waals surface area contributed by atoms with Crippen LogP contribution in [0.4, 0.5) is 4.79 Å². The van der Waals surface area contributed by atoms with Crippen LogP contribution in [0.25, 0.3) is 0 Å². The van der Waals surface area contributed by atoms with Gasteiger partial charge in [-0.05, 0) is 12.8 Å². The van der Waals surface area contributed by atoms with E-state index >= 15 is 0 Å². The van der Waals surface area contributed by atoms with Gasteiger partial charge in [0.15, 0.2) is 6.23 Å². The maximum atomic E-state index is 10.7. The highest BCUT2D eigenvalue weighted by molar-refractivity contribution is 5.81. The number of primary amides is 1. The zero-order valence-electron chi connectivity index (χ0n) is 9.27. The van der Waals surface area contributed by atoms with E-state index in [4.69, 9.17) is 15.7 Å². The Morgan fingerprint density at radius 3 is 3.12 bits per heavy atom. The molecule has 1 aliphatic rings. The third-order valence-corrected chi connectivity index (χ3v) is 2.43. The molecule has 0 saturated heterocycles. The number of carbonyl (C=O) groups is 1. The lowest BCUT2D eigenvalue weighted by atomic mass is 9.97. The molecule has 0 saturated carbocycles. The summed E-state index contributed by atoms with van der Waals surface area (Å²) in [5.41, 5.74) is 6.79. The van der Waals surface area contributed by atoms with Gasteiger partial charge < -0.3 is 15.7 Å². The average molecular weight is 227 g/mol. The van der Waals surface area contributed by atoms with Gasteiger partial charge in [-0.15, -0.1) is 0 Å². The summed E-state index contributed by atoms with van der Waals surface area (Å²) in [6.07, 6.45) is 2.57. The molecule has 0 radical (unpaired) electrons. The lowest BCUT2D eigenvalue weighted by Crippen LogP contribution is -2.41. The fraction of sp³-hybridized carbons (Fsp3) is 0.600. The van der Waals surface area contributed by atoms with E-state index in [1.807, 2.05) is 0 Å². The highest BCUT2D eigenvalue weighted by Gasteiger charge is 2.23. The van der Waals surface area contributed by atoms with Crippen LogP contribution in [-0.2, 0) is 4.74 Å². The van der Waals surface area contributed by atoms with Crippen LogP contribution in [-0.4, -0.2) is 30.3 Å². The molecule has 1 atom stereocenters. The van der Waals surface area contributed by atoms with Gasteiger partial charge in [0.2, 0.25) is 0 Å². The van der Waals surface area contributed by atoms with Gasteiger partial charge >= 0.3 is 6.09 Å². The molecule has 6 nitrogen and oxygen atoms in total. The zero-order valence-corrected chi connectivity index (χ0v) is 9.27. The Balaban J connectivity index is 2.89. The predicted molar refractivity (Wildman–Crippen MR) is 59.3 cm³/mol. The molecule has 6 heteroatoms. The number of nitrogens with zero attached hydrogens (tertiary/aromatic N) is 1. The fourth-order valence-corrected chi connectivity index (χ4v) is 1.81. The monoisotopic (exact) mass is 227 g/mol. The van der Waals surface area contributed by atoms with Gasteiger partial charge in [0.1, 0.15) is 0 Å². The van der Waals surface area contributed by atoms with E-state index in [-0.39, 0.29) is 0 Å². The van der Waals surface area contributed by atoms with Crippen molar-refractivity contribution in [1.29, 1.82) is 0 Å². The molecule has 1 amide bonds. The third-order valence-electron chi connectivity index (χ3n) is 2.43. The molecule has 1 unspecified atom stereocenters. The van der Waals surface area contributed by atoms with Crippen molar-refractivity contribution in [3.05, 3.63) is 11.1 Å². The van der Waals surface area contributed by atoms with Crippen molar-refractivity contribution < 1.29 is 14.7 Å². The second-order valence-electron chi connectivity index (χ2n) is 3.57. The molecule has 1 aliphatic heterocycles. The molecule has 16 heavy (non-hydrogen) atoms. The minimum atomic E-state index is -0.848. The maximum Gasteiger partial charge on any atom is 0.406 e. The van der Waals surface area contributed by atoms with E-state index in [1.165, 1.54) is 6.21 Å². The van der Waals surface area contributed by atoms with E-state index in [9.17, 15) is 4.79 Å². The summed E-state index contributed by atoms with van der Waals surface area (Å²) in [7, 11) is 0. The highest BCUT2D eigenvalue weighted by atomic mass is 16.6. The molecular formula is C10H17N3O3. The van der Waals surface area contributed by atoms with Crippen LogP contribution in [0.3, 0.4) is 0 Å². The maximum absolute atomic E-state index is 10.7. The minimum Gasteiger partial charge on any atom is -0.426 e. The number of carbonyl (C=O) groups excluding carboxylic acids is 1. The highest BCUT2D eigenvalue weighted by Crippen LogP contribution is 2.21. The van der Waals surface area contributed by atoms with Gasteiger partial charge in [-0.3, -0.25) is 5.32 Å². The SMILES string of the molecule is CCCC1=C(C=NO)C(OC(N)=O)NCC1. The summed E-state index contributed by atoms with van der Waals surface area (Å²) in [6, 6.07) is 0. The van der Waals surface area contributed by atoms with E-state index in [0.717, 1.165) is 31.4 Å². The number of nitrogens with one attached hydrogen (secondary N) is 1. The molecule has 90 valence electrons. The van der Waals surface area contributed by atoms with E-state index < -0.39 is 12.3 Å². The average Bonchev–Trinajstić information content (AvgIpc) is 2.22. The Hall–Kier alpha value is -1.56. The van der Waals surface area contributed by atoms with Crippen molar-refractivity contribution in [2.24, 2.45) is 10.9 Å². The van der Waals surface area contributed by atoms with E-state index in [0.29, 0.717) is 5.57 Å². The number of amides is 1. The normalized spacial score (nSPS) is 21.4. The Kier molecular flexibility index (Phi) is 4.78. The first-order chi connectivity index (χ1) is 7.69. The van der Waals surface area contributed by atoms with Gasteiger partial charge in [0.05, 0.1) is 6.21 Å². The molecule has 0 aromatic heterocycles. The van der Waals surface area contributed by atoms with Crippen LogP contribution in [0.15, 0.2) is 16.3 Å². The first-order valence-electron chi connectivity index (χ1n) is 5.27. The van der Waals surface area contributed by atoms with Crippen molar-refractivity contribution in [3.8, 4) is 0 Å². The summed E-state index contributed by atoms with van der Waals surface area (Å²) in [4.78, 5) is 10.7. The molecule has 0 aliphatic carbocycles. The second kappa shape index (κ2) is 6.12. The van der Waals surface area contributed by atoms with Crippen LogP contribution < -0.4 is 11.1 Å². The molecule has 4 N–H and O–H groups in total. The van der Waals surface area contributed by atoms with Crippen molar-refractivity contribution in [2.45, 2.75) is 32.4 Å². The Bertz CT molecular complexity index is 312. The number of oxime groups is 1. The molecule has 0 aromatic rings. The lowest BCUT2D eigenvalue weighted by molar-refractivity contribution is 0.105. The predicted octanol–water partition coefficient (Wildman–Crippen LogP) is 0.958. The van der Waals surface area contributed by atoms with Gasteiger partial charge in [-0.25, -0.2) is 4.79 Å². The van der Waals surface area contributed by atoms with Crippen molar-refractivity contribution in [3.63, 3.8) is 0 Å². The topological polar surface area (TPSA) is 96.9 Å². The number of hydrogen-bond donors (Lipinski definition) is 3. The van der Waals surface area contributed by atoms with Gasteiger partial charge in [-0.1, -0.05) is 24.1 Å². The summed E-state index contributed by atoms with van der Waals surface area (Å²) in [6.45, 7) is 2.78. The van der Waals surface area contributed by atoms with Gasteiger partial charge in [-0.2, -0.15) is 0 Å². The molecule has 0 fully saturated rings. The smallest absolute Gasteiger partial charge is 0.406 e. The standard InChI is InChI=1S/C10H17N3O3/c1-2-3-7-4-5-12-9(16-10(11)14)8(7)6-13-15/h6,9,12,15H,2-5H2,1H3,(H2,11,14). The van der Waals surface area contributed by atoms with Crippen molar-refractivity contribution in [1.82, 2.24) is 5.32 Å². The van der Waals surface area contributed by atoms with Gasteiger partial charge in [0.25, 0.3) is 0 Å². The van der Waals surface area contributed by atoms with E-state index in [2.05, 4.69) is 17.4 Å². The van der Waals surface area contributed by atoms with Crippen molar-refractivity contribution >= 4 is 12.3 Å². The number of nitrogens with two attached hydrogens (primary N) is 1. The molecule has 1 rings (SSSR count). The number of rotatable bonds is 4. The number of ether oxygens (including phenoxy) is 1. The first-order valence-corrected chi connectivity index (χ1v) is 5.27. The van der Waals surface area contributed by atoms with Crippen molar-refractivity contribution in [2.75, 3.05) is 6.54 Å². The van der Waals surface area contributed by atoms with Crippen LogP contribution >= 0.6 is 0 Å². The van der Waals surface area contributed by atoms with Crippen LogP contribution in [0.5, 0.6) is 0 Å². The van der Waals surface area contributed by atoms with Crippen LogP contribution in [0.2, 0.25) is 0 Å². The first kappa shape index (κ1) is 12.5. The van der Waals surface area contributed by atoms with Crippen LogP contribution in [0.1, 0.15) is 26.2 Å². The molecular weight excluding hydrogens is 210 g/mol. The Morgan fingerprint density at radius 2 is 2.56 bits per heavy atom. The summed E-state index contributed by atoms with van der Waals surface area (Å²) >= 11 is 0.